The zero-order valence-electron chi connectivity index (χ0n) is 12.5. The number of aromatic amines is 1. The van der Waals surface area contributed by atoms with Gasteiger partial charge < -0.3 is 15.8 Å². The molecule has 3 rings (SSSR count). The Hall–Kier alpha value is -3.15. The number of benzene rings is 1. The van der Waals surface area contributed by atoms with Crippen molar-refractivity contribution in [3.8, 4) is 11.1 Å². The fourth-order valence-electron chi connectivity index (χ4n) is 2.68. The van der Waals surface area contributed by atoms with Crippen LogP contribution in [0.5, 0.6) is 0 Å². The maximum Gasteiger partial charge on any atom is 0.352 e. The molecule has 0 aliphatic heterocycles. The van der Waals surface area contributed by atoms with Crippen molar-refractivity contribution in [2.24, 2.45) is 0 Å². The van der Waals surface area contributed by atoms with E-state index in [0.29, 0.717) is 23.0 Å². The molecule has 0 saturated heterocycles. The molecule has 0 bridgehead atoms. The van der Waals surface area contributed by atoms with E-state index in [2.05, 4.69) is 9.97 Å². The molecule has 0 fully saturated rings. The van der Waals surface area contributed by atoms with E-state index < -0.39 is 5.97 Å². The molecule has 3 aromatic rings. The number of hydrogen-bond donors (Lipinski definition) is 3. The summed E-state index contributed by atoms with van der Waals surface area (Å²) in [5, 5.41) is 9.67. The van der Waals surface area contributed by atoms with Gasteiger partial charge in [-0.15, -0.1) is 0 Å². The summed E-state index contributed by atoms with van der Waals surface area (Å²) in [5.41, 5.74) is 8.13. The number of aromatic carboxylic acids is 1. The molecule has 2 aromatic heterocycles. The predicted octanol–water partition coefficient (Wildman–Crippen LogP) is 2.43. The number of nitrogens with two attached hydrogens (primary N) is 1. The minimum atomic E-state index is -1.17. The Kier molecular flexibility index (Phi) is 3.57. The second-order valence-corrected chi connectivity index (χ2v) is 5.20. The Labute approximate surface area is 131 Å². The molecule has 0 atom stereocenters. The predicted molar refractivity (Wildman–Crippen MR) is 88.5 cm³/mol. The van der Waals surface area contributed by atoms with E-state index in [1.165, 1.54) is 0 Å². The van der Waals surface area contributed by atoms with Gasteiger partial charge in [0.05, 0.1) is 11.2 Å². The van der Waals surface area contributed by atoms with Crippen LogP contribution in [0.4, 0.5) is 5.69 Å². The van der Waals surface area contributed by atoms with Gasteiger partial charge in [-0.25, -0.2) is 4.79 Å². The zero-order chi connectivity index (χ0) is 16.6. The first-order chi connectivity index (χ1) is 11.0. The minimum absolute atomic E-state index is 0.106. The molecular formula is C17H15N3O3. The van der Waals surface area contributed by atoms with E-state index in [1.807, 2.05) is 6.07 Å². The largest absolute Gasteiger partial charge is 0.477 e. The number of nitrogens with one attached hydrogen (secondary N) is 1. The van der Waals surface area contributed by atoms with Crippen LogP contribution in [0, 0.1) is 0 Å². The summed E-state index contributed by atoms with van der Waals surface area (Å²) in [5.74, 6) is -1.17. The van der Waals surface area contributed by atoms with E-state index in [9.17, 15) is 14.7 Å². The van der Waals surface area contributed by atoms with E-state index in [0.717, 1.165) is 11.1 Å². The van der Waals surface area contributed by atoms with E-state index in [-0.39, 0.29) is 16.7 Å². The first kappa shape index (κ1) is 14.8. The SMILES string of the molecule is CCc1c(C(=O)O)[nH]c2c(N)cc(-c3cccnc3)cc2c1=O. The molecule has 6 heteroatoms. The summed E-state index contributed by atoms with van der Waals surface area (Å²) in [4.78, 5) is 30.9. The summed E-state index contributed by atoms with van der Waals surface area (Å²) in [6.45, 7) is 1.75. The van der Waals surface area contributed by atoms with Gasteiger partial charge >= 0.3 is 5.97 Å². The Balaban J connectivity index is 2.37. The zero-order valence-corrected chi connectivity index (χ0v) is 12.5. The third-order valence-corrected chi connectivity index (χ3v) is 3.80. The molecule has 1 aromatic carbocycles. The fourth-order valence-corrected chi connectivity index (χ4v) is 2.68. The van der Waals surface area contributed by atoms with Crippen molar-refractivity contribution in [2.75, 3.05) is 5.73 Å². The maximum atomic E-state index is 12.7. The molecule has 4 N–H and O–H groups in total. The quantitative estimate of drug-likeness (QED) is 0.644. The molecule has 0 spiro atoms. The number of aromatic nitrogens is 2. The second-order valence-electron chi connectivity index (χ2n) is 5.20. The molecule has 0 amide bonds. The number of carboxylic acid groups (broad SMARTS) is 1. The van der Waals surface area contributed by atoms with Crippen molar-refractivity contribution in [2.45, 2.75) is 13.3 Å². The number of pyridine rings is 2. The van der Waals surface area contributed by atoms with Crippen LogP contribution in [-0.4, -0.2) is 21.0 Å². The van der Waals surface area contributed by atoms with E-state index >= 15 is 0 Å². The number of carboxylic acids is 1. The standard InChI is InChI=1S/C17H15N3O3/c1-2-11-15(17(22)23)20-14-12(16(11)21)6-10(7-13(14)18)9-4-3-5-19-8-9/h3-8H,2,18H2,1H3,(H,20,21)(H,22,23). The minimum Gasteiger partial charge on any atom is -0.477 e. The highest BCUT2D eigenvalue weighted by Gasteiger charge is 2.17. The summed E-state index contributed by atoms with van der Waals surface area (Å²) in [6.07, 6.45) is 3.67. The van der Waals surface area contributed by atoms with Crippen LogP contribution >= 0.6 is 0 Å². The monoisotopic (exact) mass is 309 g/mol. The first-order valence-corrected chi connectivity index (χ1v) is 7.15. The van der Waals surface area contributed by atoms with Crippen LogP contribution in [0.15, 0.2) is 41.5 Å². The van der Waals surface area contributed by atoms with Gasteiger partial charge in [0.1, 0.15) is 5.69 Å². The van der Waals surface area contributed by atoms with Gasteiger partial charge in [-0.05, 0) is 30.2 Å². The number of carbonyl (C=O) groups is 1. The number of anilines is 1. The van der Waals surface area contributed by atoms with E-state index in [4.69, 9.17) is 5.73 Å². The lowest BCUT2D eigenvalue weighted by atomic mass is 10.0. The molecule has 0 saturated carbocycles. The van der Waals surface area contributed by atoms with Crippen molar-refractivity contribution in [1.82, 2.24) is 9.97 Å². The number of H-pyrrole nitrogens is 1. The van der Waals surface area contributed by atoms with Crippen molar-refractivity contribution < 1.29 is 9.90 Å². The summed E-state index contributed by atoms with van der Waals surface area (Å²) in [6, 6.07) is 7.08. The normalized spacial score (nSPS) is 10.8. The van der Waals surface area contributed by atoms with Crippen LogP contribution < -0.4 is 11.2 Å². The third-order valence-electron chi connectivity index (χ3n) is 3.80. The Morgan fingerprint density at radius 2 is 2.13 bits per heavy atom. The Bertz CT molecular complexity index is 962. The Morgan fingerprint density at radius 3 is 2.74 bits per heavy atom. The number of nitrogens with zero attached hydrogens (tertiary/aromatic N) is 1. The molecule has 23 heavy (non-hydrogen) atoms. The second kappa shape index (κ2) is 5.57. The molecule has 2 heterocycles. The van der Waals surface area contributed by atoms with Crippen LogP contribution in [0.2, 0.25) is 0 Å². The third kappa shape index (κ3) is 2.44. The number of hydrogen-bond acceptors (Lipinski definition) is 4. The van der Waals surface area contributed by atoms with Crippen molar-refractivity contribution in [3.05, 3.63) is 58.1 Å². The van der Waals surface area contributed by atoms with Gasteiger partial charge in [-0.1, -0.05) is 13.0 Å². The topological polar surface area (TPSA) is 109 Å². The van der Waals surface area contributed by atoms with Gasteiger partial charge in [0.2, 0.25) is 0 Å². The molecule has 0 unspecified atom stereocenters. The summed E-state index contributed by atoms with van der Waals surface area (Å²) < 4.78 is 0. The number of fused-ring (bicyclic) bond motifs is 1. The average molecular weight is 309 g/mol. The first-order valence-electron chi connectivity index (χ1n) is 7.15. The average Bonchev–Trinajstić information content (AvgIpc) is 2.55. The van der Waals surface area contributed by atoms with Crippen molar-refractivity contribution >= 4 is 22.6 Å². The van der Waals surface area contributed by atoms with Crippen LogP contribution in [0.1, 0.15) is 23.0 Å². The van der Waals surface area contributed by atoms with Crippen LogP contribution in [0.25, 0.3) is 22.0 Å². The van der Waals surface area contributed by atoms with Crippen LogP contribution in [0.3, 0.4) is 0 Å². The lowest BCUT2D eigenvalue weighted by molar-refractivity contribution is 0.0689. The van der Waals surface area contributed by atoms with Gasteiger partial charge in [0, 0.05) is 28.9 Å². The van der Waals surface area contributed by atoms with Crippen molar-refractivity contribution in [1.29, 1.82) is 0 Å². The fraction of sp³-hybridized carbons (Fsp3) is 0.118. The van der Waals surface area contributed by atoms with E-state index in [1.54, 1.807) is 37.5 Å². The lowest BCUT2D eigenvalue weighted by Gasteiger charge is -2.11. The maximum absolute atomic E-state index is 12.7. The molecule has 116 valence electrons. The number of nitrogen functional groups attached to an aromatic ring is 1. The van der Waals surface area contributed by atoms with Crippen LogP contribution in [-0.2, 0) is 6.42 Å². The lowest BCUT2D eigenvalue weighted by Crippen LogP contribution is -2.18. The highest BCUT2D eigenvalue weighted by Crippen LogP contribution is 2.27. The Morgan fingerprint density at radius 1 is 1.35 bits per heavy atom. The smallest absolute Gasteiger partial charge is 0.352 e. The van der Waals surface area contributed by atoms with Gasteiger partial charge in [-0.2, -0.15) is 0 Å². The molecule has 0 radical (unpaired) electrons. The highest BCUT2D eigenvalue weighted by molar-refractivity contribution is 5.98. The molecule has 0 aliphatic rings. The summed E-state index contributed by atoms with van der Waals surface area (Å²) >= 11 is 0. The van der Waals surface area contributed by atoms with Gasteiger partial charge in [0.25, 0.3) is 0 Å². The van der Waals surface area contributed by atoms with Gasteiger partial charge in [-0.3, -0.25) is 9.78 Å². The summed E-state index contributed by atoms with van der Waals surface area (Å²) in [7, 11) is 0. The highest BCUT2D eigenvalue weighted by atomic mass is 16.4. The van der Waals surface area contributed by atoms with Crippen molar-refractivity contribution in [3.63, 3.8) is 0 Å². The number of rotatable bonds is 3. The molecule has 6 nitrogen and oxygen atoms in total. The van der Waals surface area contributed by atoms with Gasteiger partial charge in [0.15, 0.2) is 5.43 Å². The molecular weight excluding hydrogens is 294 g/mol. The molecule has 0 aliphatic carbocycles.